The van der Waals surface area contributed by atoms with E-state index in [0.29, 0.717) is 6.10 Å². The molecule has 1 heterocycles. The molecule has 0 aliphatic carbocycles. The zero-order valence-electron chi connectivity index (χ0n) is 9.06. The van der Waals surface area contributed by atoms with E-state index < -0.39 is 0 Å². The third kappa shape index (κ3) is 3.82. The minimum absolute atomic E-state index is 0. The highest BCUT2D eigenvalue weighted by Crippen LogP contribution is 2.09. The first-order valence-electron chi connectivity index (χ1n) is 5.22. The van der Waals surface area contributed by atoms with Crippen LogP contribution in [0, 0.1) is 0 Å². The van der Waals surface area contributed by atoms with E-state index in [1.165, 1.54) is 5.56 Å². The molecule has 1 aromatic carbocycles. The maximum Gasteiger partial charge on any atom is 0.0674 e. The van der Waals surface area contributed by atoms with Crippen molar-refractivity contribution < 1.29 is 4.74 Å². The zero-order valence-corrected chi connectivity index (χ0v) is 9.87. The van der Waals surface area contributed by atoms with Crippen LogP contribution in [0.25, 0.3) is 0 Å². The van der Waals surface area contributed by atoms with Gasteiger partial charge in [-0.25, -0.2) is 0 Å². The lowest BCUT2D eigenvalue weighted by atomic mass is 10.2. The molecule has 2 rings (SSSR count). The standard InChI is InChI=1S/C12H17NO.ClH/c1-11-9-13(7-8-14-11)10-12-5-3-2-4-6-12;/h2-6,11H,7-10H2,1H3;1H/t11-;/m0./s1. The van der Waals surface area contributed by atoms with Crippen LogP contribution in [0.1, 0.15) is 12.5 Å². The van der Waals surface area contributed by atoms with Gasteiger partial charge in [-0.2, -0.15) is 0 Å². The molecular weight excluding hydrogens is 210 g/mol. The molecule has 0 radical (unpaired) electrons. The first kappa shape index (κ1) is 12.5. The van der Waals surface area contributed by atoms with Gasteiger partial charge in [0, 0.05) is 19.6 Å². The minimum atomic E-state index is 0. The highest BCUT2D eigenvalue weighted by Gasteiger charge is 2.16. The molecular formula is C12H18ClNO. The van der Waals surface area contributed by atoms with Crippen molar-refractivity contribution in [3.63, 3.8) is 0 Å². The quantitative estimate of drug-likeness (QED) is 0.769. The molecule has 3 heteroatoms. The Balaban J connectivity index is 0.00000112. The van der Waals surface area contributed by atoms with Crippen LogP contribution in [0.4, 0.5) is 0 Å². The van der Waals surface area contributed by atoms with Gasteiger partial charge in [-0.15, -0.1) is 12.4 Å². The lowest BCUT2D eigenvalue weighted by Crippen LogP contribution is -2.40. The second-order valence-corrected chi connectivity index (χ2v) is 3.90. The maximum atomic E-state index is 5.50. The third-order valence-electron chi connectivity index (χ3n) is 2.57. The number of benzene rings is 1. The van der Waals surface area contributed by atoms with Crippen LogP contribution in [0.3, 0.4) is 0 Å². The van der Waals surface area contributed by atoms with Gasteiger partial charge >= 0.3 is 0 Å². The van der Waals surface area contributed by atoms with E-state index in [1.807, 2.05) is 0 Å². The molecule has 1 aliphatic rings. The van der Waals surface area contributed by atoms with Gasteiger partial charge in [-0.05, 0) is 12.5 Å². The van der Waals surface area contributed by atoms with Crippen LogP contribution in [-0.2, 0) is 11.3 Å². The summed E-state index contributed by atoms with van der Waals surface area (Å²) >= 11 is 0. The Hall–Kier alpha value is -0.570. The second kappa shape index (κ2) is 6.11. The van der Waals surface area contributed by atoms with E-state index in [4.69, 9.17) is 4.74 Å². The van der Waals surface area contributed by atoms with Gasteiger partial charge < -0.3 is 4.74 Å². The molecule has 0 aromatic heterocycles. The zero-order chi connectivity index (χ0) is 9.80. The maximum absolute atomic E-state index is 5.50. The molecule has 0 unspecified atom stereocenters. The van der Waals surface area contributed by atoms with Gasteiger partial charge in [0.25, 0.3) is 0 Å². The normalized spacial score (nSPS) is 22.1. The summed E-state index contributed by atoms with van der Waals surface area (Å²) in [7, 11) is 0. The van der Waals surface area contributed by atoms with E-state index in [2.05, 4.69) is 42.2 Å². The molecule has 1 aliphatic heterocycles. The molecule has 0 spiro atoms. The summed E-state index contributed by atoms with van der Waals surface area (Å²) in [4.78, 5) is 2.45. The van der Waals surface area contributed by atoms with Crippen LogP contribution >= 0.6 is 12.4 Å². The molecule has 2 nitrogen and oxygen atoms in total. The highest BCUT2D eigenvalue weighted by molar-refractivity contribution is 5.85. The SMILES string of the molecule is C[C@H]1CN(Cc2ccccc2)CCO1.Cl. The van der Waals surface area contributed by atoms with Crippen LogP contribution in [0.2, 0.25) is 0 Å². The van der Waals surface area contributed by atoms with Crippen LogP contribution < -0.4 is 0 Å². The summed E-state index contributed by atoms with van der Waals surface area (Å²) in [6, 6.07) is 10.6. The number of hydrogen-bond donors (Lipinski definition) is 0. The smallest absolute Gasteiger partial charge is 0.0674 e. The van der Waals surface area contributed by atoms with E-state index in [9.17, 15) is 0 Å². The van der Waals surface area contributed by atoms with Gasteiger partial charge in [0.2, 0.25) is 0 Å². The second-order valence-electron chi connectivity index (χ2n) is 3.90. The lowest BCUT2D eigenvalue weighted by molar-refractivity contribution is -0.0212. The van der Waals surface area contributed by atoms with E-state index in [-0.39, 0.29) is 12.4 Å². The van der Waals surface area contributed by atoms with Gasteiger partial charge in [0.05, 0.1) is 12.7 Å². The van der Waals surface area contributed by atoms with Crippen molar-refractivity contribution in [1.82, 2.24) is 4.90 Å². The predicted octanol–water partition coefficient (Wildman–Crippen LogP) is 2.33. The molecule has 0 N–H and O–H groups in total. The summed E-state index contributed by atoms with van der Waals surface area (Å²) in [5.41, 5.74) is 1.39. The summed E-state index contributed by atoms with van der Waals surface area (Å²) < 4.78 is 5.50. The molecule has 0 saturated carbocycles. The monoisotopic (exact) mass is 227 g/mol. The van der Waals surface area contributed by atoms with Crippen molar-refractivity contribution in [2.75, 3.05) is 19.7 Å². The van der Waals surface area contributed by atoms with Crippen molar-refractivity contribution in [3.8, 4) is 0 Å². The van der Waals surface area contributed by atoms with Crippen LogP contribution in [-0.4, -0.2) is 30.7 Å². The Morgan fingerprint density at radius 2 is 2.07 bits per heavy atom. The molecule has 1 saturated heterocycles. The topological polar surface area (TPSA) is 12.5 Å². The van der Waals surface area contributed by atoms with Gasteiger partial charge in [0.15, 0.2) is 0 Å². The average Bonchev–Trinajstić information content (AvgIpc) is 2.19. The van der Waals surface area contributed by atoms with E-state index in [0.717, 1.165) is 26.2 Å². The number of hydrogen-bond acceptors (Lipinski definition) is 2. The number of rotatable bonds is 2. The molecule has 0 amide bonds. The van der Waals surface area contributed by atoms with Crippen molar-refractivity contribution in [2.45, 2.75) is 19.6 Å². The fourth-order valence-electron chi connectivity index (χ4n) is 1.88. The molecule has 1 atom stereocenters. The largest absolute Gasteiger partial charge is 0.376 e. The Morgan fingerprint density at radius 3 is 2.73 bits per heavy atom. The van der Waals surface area contributed by atoms with E-state index in [1.54, 1.807) is 0 Å². The average molecular weight is 228 g/mol. The van der Waals surface area contributed by atoms with Crippen molar-refractivity contribution >= 4 is 12.4 Å². The number of ether oxygens (including phenoxy) is 1. The molecule has 15 heavy (non-hydrogen) atoms. The van der Waals surface area contributed by atoms with Gasteiger partial charge in [-0.3, -0.25) is 4.90 Å². The van der Waals surface area contributed by atoms with Gasteiger partial charge in [-0.1, -0.05) is 30.3 Å². The van der Waals surface area contributed by atoms with Crippen molar-refractivity contribution in [1.29, 1.82) is 0 Å². The molecule has 0 bridgehead atoms. The van der Waals surface area contributed by atoms with Crippen LogP contribution in [0.5, 0.6) is 0 Å². The summed E-state index contributed by atoms with van der Waals surface area (Å²) in [5, 5.41) is 0. The Labute approximate surface area is 97.6 Å². The molecule has 84 valence electrons. The molecule has 1 aromatic rings. The van der Waals surface area contributed by atoms with Crippen LogP contribution in [0.15, 0.2) is 30.3 Å². The van der Waals surface area contributed by atoms with Crippen molar-refractivity contribution in [2.24, 2.45) is 0 Å². The van der Waals surface area contributed by atoms with Gasteiger partial charge in [0.1, 0.15) is 0 Å². The first-order chi connectivity index (χ1) is 6.84. The summed E-state index contributed by atoms with van der Waals surface area (Å²) in [6.45, 7) is 6.16. The lowest BCUT2D eigenvalue weighted by Gasteiger charge is -2.31. The summed E-state index contributed by atoms with van der Waals surface area (Å²) in [6.07, 6.45) is 0.382. The fourth-order valence-corrected chi connectivity index (χ4v) is 1.88. The fraction of sp³-hybridized carbons (Fsp3) is 0.500. The Morgan fingerprint density at radius 1 is 1.33 bits per heavy atom. The third-order valence-corrected chi connectivity index (χ3v) is 2.57. The first-order valence-corrected chi connectivity index (χ1v) is 5.22. The minimum Gasteiger partial charge on any atom is -0.376 e. The Kier molecular flexibility index (Phi) is 5.09. The number of halogens is 1. The number of nitrogens with zero attached hydrogens (tertiary/aromatic N) is 1. The van der Waals surface area contributed by atoms with E-state index >= 15 is 0 Å². The number of morpholine rings is 1. The summed E-state index contributed by atoms with van der Waals surface area (Å²) in [5.74, 6) is 0. The molecule has 1 fully saturated rings. The van der Waals surface area contributed by atoms with Crippen molar-refractivity contribution in [3.05, 3.63) is 35.9 Å². The predicted molar refractivity (Wildman–Crippen MR) is 64.4 cm³/mol. The highest BCUT2D eigenvalue weighted by atomic mass is 35.5. The Bertz CT molecular complexity index is 278.